The van der Waals surface area contributed by atoms with Gasteiger partial charge in [-0.2, -0.15) is 0 Å². The molecule has 1 aliphatic rings. The van der Waals surface area contributed by atoms with Crippen LogP contribution in [0.25, 0.3) is 0 Å². The number of aliphatic carboxylic acids is 1. The third-order valence-electron chi connectivity index (χ3n) is 2.62. The van der Waals surface area contributed by atoms with Gasteiger partial charge >= 0.3 is 5.97 Å². The Morgan fingerprint density at radius 3 is 2.75 bits per heavy atom. The van der Waals surface area contributed by atoms with Crippen LogP contribution in [-0.2, 0) is 4.79 Å². The van der Waals surface area contributed by atoms with E-state index in [0.717, 1.165) is 11.3 Å². The molecule has 4 heteroatoms. The average Bonchev–Trinajstić information content (AvgIpc) is 2.27. The van der Waals surface area contributed by atoms with Crippen LogP contribution < -0.4 is 9.47 Å². The lowest BCUT2D eigenvalue weighted by atomic mass is 9.97. The summed E-state index contributed by atoms with van der Waals surface area (Å²) >= 11 is 0. The molecule has 0 bridgehead atoms. The summed E-state index contributed by atoms with van der Waals surface area (Å²) in [4.78, 5) is 10.6. The molecule has 1 heterocycles. The van der Waals surface area contributed by atoms with E-state index in [1.54, 1.807) is 0 Å². The van der Waals surface area contributed by atoms with Crippen molar-refractivity contribution in [1.82, 2.24) is 0 Å². The van der Waals surface area contributed by atoms with Gasteiger partial charge in [-0.15, -0.1) is 0 Å². The minimum absolute atomic E-state index is 0.0201. The molecule has 0 aromatic heterocycles. The number of carboxylic acids is 1. The zero-order chi connectivity index (χ0) is 11.5. The van der Waals surface area contributed by atoms with Gasteiger partial charge in [-0.1, -0.05) is 13.0 Å². The number of rotatable bonds is 3. The Hall–Kier alpha value is -1.71. The van der Waals surface area contributed by atoms with Crippen molar-refractivity contribution < 1.29 is 19.4 Å². The van der Waals surface area contributed by atoms with E-state index in [1.807, 2.05) is 25.1 Å². The molecule has 0 fully saturated rings. The number of benzene rings is 1. The number of hydrogen-bond acceptors (Lipinski definition) is 3. The molecule has 2 rings (SSSR count). The molecule has 1 aromatic carbocycles. The van der Waals surface area contributed by atoms with Gasteiger partial charge < -0.3 is 14.6 Å². The molecule has 0 saturated carbocycles. The van der Waals surface area contributed by atoms with Crippen molar-refractivity contribution in [3.05, 3.63) is 23.8 Å². The van der Waals surface area contributed by atoms with Gasteiger partial charge in [0.15, 0.2) is 11.5 Å². The number of ether oxygens (including phenoxy) is 2. The minimum Gasteiger partial charge on any atom is -0.486 e. The van der Waals surface area contributed by atoms with Crippen molar-refractivity contribution in [3.8, 4) is 11.5 Å². The van der Waals surface area contributed by atoms with Crippen molar-refractivity contribution in [2.24, 2.45) is 0 Å². The van der Waals surface area contributed by atoms with Crippen LogP contribution in [0.2, 0.25) is 0 Å². The second-order valence-corrected chi connectivity index (χ2v) is 3.90. The summed E-state index contributed by atoms with van der Waals surface area (Å²) in [6, 6.07) is 5.59. The van der Waals surface area contributed by atoms with E-state index in [-0.39, 0.29) is 12.3 Å². The molecule has 1 atom stereocenters. The highest BCUT2D eigenvalue weighted by Crippen LogP contribution is 2.33. The van der Waals surface area contributed by atoms with Crippen molar-refractivity contribution in [1.29, 1.82) is 0 Å². The molecule has 1 aliphatic heterocycles. The smallest absolute Gasteiger partial charge is 0.303 e. The molecule has 1 N–H and O–H groups in total. The van der Waals surface area contributed by atoms with Crippen LogP contribution in [0.15, 0.2) is 18.2 Å². The molecule has 0 spiro atoms. The Bertz CT molecular complexity index is 400. The van der Waals surface area contributed by atoms with Crippen LogP contribution in [0.3, 0.4) is 0 Å². The minimum atomic E-state index is -0.789. The lowest BCUT2D eigenvalue weighted by molar-refractivity contribution is -0.137. The quantitative estimate of drug-likeness (QED) is 0.850. The normalized spacial score (nSPS) is 15.6. The van der Waals surface area contributed by atoms with Crippen molar-refractivity contribution >= 4 is 5.97 Å². The summed E-state index contributed by atoms with van der Waals surface area (Å²) in [5.41, 5.74) is 0.964. The van der Waals surface area contributed by atoms with Gasteiger partial charge in [0.2, 0.25) is 0 Å². The fourth-order valence-electron chi connectivity index (χ4n) is 1.75. The predicted molar refractivity (Wildman–Crippen MR) is 58.1 cm³/mol. The largest absolute Gasteiger partial charge is 0.486 e. The summed E-state index contributed by atoms with van der Waals surface area (Å²) in [5.74, 6) is 0.634. The molecule has 16 heavy (non-hydrogen) atoms. The Balaban J connectivity index is 2.19. The summed E-state index contributed by atoms with van der Waals surface area (Å²) in [6.07, 6.45) is 0.125. The van der Waals surface area contributed by atoms with Crippen molar-refractivity contribution in [2.45, 2.75) is 19.3 Å². The van der Waals surface area contributed by atoms with Gasteiger partial charge in [-0.25, -0.2) is 0 Å². The summed E-state index contributed by atoms with van der Waals surface area (Å²) in [6.45, 7) is 3.00. The summed E-state index contributed by atoms with van der Waals surface area (Å²) < 4.78 is 10.8. The summed E-state index contributed by atoms with van der Waals surface area (Å²) in [5, 5.41) is 8.73. The van der Waals surface area contributed by atoms with E-state index in [1.165, 1.54) is 0 Å². The molecule has 86 valence electrons. The van der Waals surface area contributed by atoms with E-state index in [4.69, 9.17) is 14.6 Å². The number of fused-ring (bicyclic) bond motifs is 1. The fraction of sp³-hybridized carbons (Fsp3) is 0.417. The molecule has 4 nitrogen and oxygen atoms in total. The average molecular weight is 222 g/mol. The van der Waals surface area contributed by atoms with E-state index in [9.17, 15) is 4.79 Å². The van der Waals surface area contributed by atoms with Crippen LogP contribution in [0.1, 0.15) is 24.8 Å². The Kier molecular flexibility index (Phi) is 2.99. The molecule has 1 aromatic rings. The third kappa shape index (κ3) is 2.27. The second kappa shape index (κ2) is 4.43. The highest BCUT2D eigenvalue weighted by Gasteiger charge is 2.15. The van der Waals surface area contributed by atoms with Gasteiger partial charge in [0.25, 0.3) is 0 Å². The van der Waals surface area contributed by atoms with Crippen LogP contribution in [0.4, 0.5) is 0 Å². The second-order valence-electron chi connectivity index (χ2n) is 3.90. The molecule has 0 saturated heterocycles. The molecule has 0 aliphatic carbocycles. The maximum absolute atomic E-state index is 10.6. The van der Waals surface area contributed by atoms with Crippen molar-refractivity contribution in [2.75, 3.05) is 13.2 Å². The van der Waals surface area contributed by atoms with Gasteiger partial charge in [-0.3, -0.25) is 4.79 Å². The topological polar surface area (TPSA) is 55.8 Å². The van der Waals surface area contributed by atoms with Gasteiger partial charge in [0, 0.05) is 0 Å². The van der Waals surface area contributed by atoms with Crippen LogP contribution >= 0.6 is 0 Å². The van der Waals surface area contributed by atoms with Crippen LogP contribution in [-0.4, -0.2) is 24.3 Å². The zero-order valence-corrected chi connectivity index (χ0v) is 9.10. The first-order chi connectivity index (χ1) is 7.66. The first-order valence-corrected chi connectivity index (χ1v) is 5.28. The Morgan fingerprint density at radius 2 is 2.06 bits per heavy atom. The number of hydrogen-bond donors (Lipinski definition) is 1. The lowest BCUT2D eigenvalue weighted by Crippen LogP contribution is -2.15. The molecular weight excluding hydrogens is 208 g/mol. The molecular formula is C12H14O4. The monoisotopic (exact) mass is 222 g/mol. The maximum Gasteiger partial charge on any atom is 0.303 e. The Morgan fingerprint density at radius 1 is 1.38 bits per heavy atom. The van der Waals surface area contributed by atoms with Gasteiger partial charge in [0.05, 0.1) is 6.42 Å². The van der Waals surface area contributed by atoms with Crippen LogP contribution in [0, 0.1) is 0 Å². The van der Waals surface area contributed by atoms with Crippen molar-refractivity contribution in [3.63, 3.8) is 0 Å². The summed E-state index contributed by atoms with van der Waals surface area (Å²) in [7, 11) is 0. The number of carbonyl (C=O) groups is 1. The predicted octanol–water partition coefficient (Wildman–Crippen LogP) is 2.04. The number of carboxylic acid groups (broad SMARTS) is 1. The molecule has 0 unspecified atom stereocenters. The maximum atomic E-state index is 10.6. The first-order valence-electron chi connectivity index (χ1n) is 5.28. The van der Waals surface area contributed by atoms with E-state index < -0.39 is 5.97 Å². The third-order valence-corrected chi connectivity index (χ3v) is 2.62. The van der Waals surface area contributed by atoms with E-state index in [2.05, 4.69) is 0 Å². The Labute approximate surface area is 93.8 Å². The first kappa shape index (κ1) is 10.8. The lowest BCUT2D eigenvalue weighted by Gasteiger charge is -2.20. The standard InChI is InChI=1S/C12H14O4/c1-8(6-12(13)14)9-2-3-10-11(7-9)16-5-4-15-10/h2-3,7-8H,4-6H2,1H3,(H,13,14)/t8-/m1/s1. The van der Waals surface area contributed by atoms with E-state index >= 15 is 0 Å². The SMILES string of the molecule is C[C@H](CC(=O)O)c1ccc2c(c1)OCCO2. The fourth-order valence-corrected chi connectivity index (χ4v) is 1.75. The van der Waals surface area contributed by atoms with Gasteiger partial charge in [0.1, 0.15) is 13.2 Å². The highest BCUT2D eigenvalue weighted by atomic mass is 16.6. The van der Waals surface area contributed by atoms with E-state index in [0.29, 0.717) is 19.0 Å². The molecule has 0 radical (unpaired) electrons. The van der Waals surface area contributed by atoms with Gasteiger partial charge in [-0.05, 0) is 23.6 Å². The van der Waals surface area contributed by atoms with Crippen LogP contribution in [0.5, 0.6) is 11.5 Å². The zero-order valence-electron chi connectivity index (χ0n) is 9.10. The highest BCUT2D eigenvalue weighted by molar-refractivity contribution is 5.68. The molecule has 0 amide bonds.